The molecule has 0 aliphatic carbocycles. The summed E-state index contributed by atoms with van der Waals surface area (Å²) in [6.45, 7) is 7.14. The lowest BCUT2D eigenvalue weighted by Gasteiger charge is -2.14. The second-order valence-electron chi connectivity index (χ2n) is 5.60. The molecule has 1 atom stereocenters. The second kappa shape index (κ2) is 8.01. The van der Waals surface area contributed by atoms with Crippen molar-refractivity contribution in [3.8, 4) is 5.75 Å². The highest BCUT2D eigenvalue weighted by molar-refractivity contribution is 5.28. The van der Waals surface area contributed by atoms with Crippen molar-refractivity contribution in [2.45, 2.75) is 45.9 Å². The highest BCUT2D eigenvalue weighted by Gasteiger charge is 2.08. The van der Waals surface area contributed by atoms with Crippen molar-refractivity contribution in [2.24, 2.45) is 0 Å². The third kappa shape index (κ3) is 4.90. The first-order chi connectivity index (χ1) is 10.6. The average molecular weight is 303 g/mol. The number of rotatable bonds is 8. The minimum absolute atomic E-state index is 0.152. The number of hydrogen-bond acceptors (Lipinski definition) is 4. The van der Waals surface area contributed by atoms with Gasteiger partial charge in [-0.3, -0.25) is 0 Å². The van der Waals surface area contributed by atoms with E-state index in [1.54, 1.807) is 0 Å². The van der Waals surface area contributed by atoms with E-state index in [9.17, 15) is 5.11 Å². The number of benzene rings is 1. The lowest BCUT2D eigenvalue weighted by atomic mass is 10.1. The van der Waals surface area contributed by atoms with Gasteiger partial charge in [0.1, 0.15) is 17.3 Å². The molecule has 0 aliphatic heterocycles. The SMILES string of the molecule is CCc1ccc(CNCC(O)c2ccc(OC(C)C)cc2)o1. The summed E-state index contributed by atoms with van der Waals surface area (Å²) in [4.78, 5) is 0. The maximum Gasteiger partial charge on any atom is 0.119 e. The van der Waals surface area contributed by atoms with Gasteiger partial charge in [-0.05, 0) is 43.7 Å². The Hall–Kier alpha value is -1.78. The Balaban J connectivity index is 1.80. The molecule has 0 saturated heterocycles. The van der Waals surface area contributed by atoms with Crippen molar-refractivity contribution in [1.29, 1.82) is 0 Å². The number of furan rings is 1. The highest BCUT2D eigenvalue weighted by atomic mass is 16.5. The minimum Gasteiger partial charge on any atom is -0.491 e. The van der Waals surface area contributed by atoms with Gasteiger partial charge in [0.05, 0.1) is 18.8 Å². The Kier molecular flexibility index (Phi) is 6.04. The fraction of sp³-hybridized carbons (Fsp3) is 0.444. The molecule has 4 heteroatoms. The molecule has 22 heavy (non-hydrogen) atoms. The van der Waals surface area contributed by atoms with E-state index in [1.807, 2.05) is 50.2 Å². The van der Waals surface area contributed by atoms with Crippen LogP contribution >= 0.6 is 0 Å². The summed E-state index contributed by atoms with van der Waals surface area (Å²) in [6, 6.07) is 11.5. The van der Waals surface area contributed by atoms with Gasteiger partial charge in [-0.25, -0.2) is 0 Å². The largest absolute Gasteiger partial charge is 0.491 e. The Morgan fingerprint density at radius 3 is 2.36 bits per heavy atom. The molecule has 120 valence electrons. The van der Waals surface area contributed by atoms with Crippen molar-refractivity contribution >= 4 is 0 Å². The Morgan fingerprint density at radius 1 is 1.09 bits per heavy atom. The molecule has 2 rings (SSSR count). The lowest BCUT2D eigenvalue weighted by molar-refractivity contribution is 0.173. The van der Waals surface area contributed by atoms with E-state index in [0.717, 1.165) is 29.3 Å². The van der Waals surface area contributed by atoms with Gasteiger partial charge in [0.25, 0.3) is 0 Å². The number of hydrogen-bond donors (Lipinski definition) is 2. The predicted molar refractivity (Wildman–Crippen MR) is 87.0 cm³/mol. The van der Waals surface area contributed by atoms with Crippen LogP contribution in [0.3, 0.4) is 0 Å². The number of nitrogens with one attached hydrogen (secondary N) is 1. The molecular weight excluding hydrogens is 278 g/mol. The van der Waals surface area contributed by atoms with Gasteiger partial charge in [-0.1, -0.05) is 19.1 Å². The van der Waals surface area contributed by atoms with Gasteiger partial charge in [0.15, 0.2) is 0 Å². The molecule has 0 spiro atoms. The van der Waals surface area contributed by atoms with Crippen LogP contribution in [0.4, 0.5) is 0 Å². The van der Waals surface area contributed by atoms with Gasteiger partial charge >= 0.3 is 0 Å². The Labute approximate surface area is 132 Å². The number of ether oxygens (including phenoxy) is 1. The van der Waals surface area contributed by atoms with Crippen LogP contribution in [0, 0.1) is 0 Å². The molecule has 2 N–H and O–H groups in total. The molecule has 1 aromatic carbocycles. The van der Waals surface area contributed by atoms with Crippen molar-refractivity contribution < 1.29 is 14.3 Å². The summed E-state index contributed by atoms with van der Waals surface area (Å²) in [5.74, 6) is 2.70. The molecule has 1 unspecified atom stereocenters. The van der Waals surface area contributed by atoms with E-state index in [-0.39, 0.29) is 6.10 Å². The quantitative estimate of drug-likeness (QED) is 0.784. The van der Waals surface area contributed by atoms with E-state index >= 15 is 0 Å². The zero-order valence-electron chi connectivity index (χ0n) is 13.5. The molecule has 0 saturated carbocycles. The number of aliphatic hydroxyl groups excluding tert-OH is 1. The average Bonchev–Trinajstić information content (AvgIpc) is 2.95. The third-order valence-electron chi connectivity index (χ3n) is 3.34. The van der Waals surface area contributed by atoms with Crippen LogP contribution in [0.25, 0.3) is 0 Å². The monoisotopic (exact) mass is 303 g/mol. The van der Waals surface area contributed by atoms with Crippen LogP contribution < -0.4 is 10.1 Å². The number of aliphatic hydroxyl groups is 1. The van der Waals surface area contributed by atoms with E-state index in [4.69, 9.17) is 9.15 Å². The van der Waals surface area contributed by atoms with Crippen LogP contribution in [0.2, 0.25) is 0 Å². The van der Waals surface area contributed by atoms with E-state index in [0.29, 0.717) is 13.1 Å². The smallest absolute Gasteiger partial charge is 0.119 e. The van der Waals surface area contributed by atoms with E-state index in [1.165, 1.54) is 0 Å². The molecule has 0 amide bonds. The molecule has 1 heterocycles. The van der Waals surface area contributed by atoms with Crippen LogP contribution in [-0.2, 0) is 13.0 Å². The van der Waals surface area contributed by atoms with Crippen LogP contribution in [0.15, 0.2) is 40.8 Å². The molecule has 0 bridgehead atoms. The van der Waals surface area contributed by atoms with Gasteiger partial charge in [0, 0.05) is 13.0 Å². The predicted octanol–water partition coefficient (Wildman–Crippen LogP) is 3.45. The zero-order chi connectivity index (χ0) is 15.9. The number of aryl methyl sites for hydroxylation is 1. The van der Waals surface area contributed by atoms with E-state index in [2.05, 4.69) is 12.2 Å². The fourth-order valence-corrected chi connectivity index (χ4v) is 2.20. The maximum atomic E-state index is 10.2. The van der Waals surface area contributed by atoms with Gasteiger partial charge in [-0.15, -0.1) is 0 Å². The van der Waals surface area contributed by atoms with E-state index < -0.39 is 6.10 Å². The summed E-state index contributed by atoms with van der Waals surface area (Å²) < 4.78 is 11.2. The van der Waals surface area contributed by atoms with Crippen LogP contribution in [-0.4, -0.2) is 17.8 Å². The molecule has 0 fully saturated rings. The summed E-state index contributed by atoms with van der Waals surface area (Å²) in [7, 11) is 0. The minimum atomic E-state index is -0.547. The van der Waals surface area contributed by atoms with Gasteiger partial charge in [0.2, 0.25) is 0 Å². The standard InChI is InChI=1S/C18H25NO3/c1-4-15-9-10-17(22-15)11-19-12-18(20)14-5-7-16(8-6-14)21-13(2)3/h5-10,13,18-20H,4,11-12H2,1-3H3. The topological polar surface area (TPSA) is 54.6 Å². The first-order valence-electron chi connectivity index (χ1n) is 7.81. The molecular formula is C18H25NO3. The van der Waals surface area contributed by atoms with Crippen molar-refractivity contribution in [3.05, 3.63) is 53.5 Å². The normalized spacial score (nSPS) is 12.6. The first kappa shape index (κ1) is 16.6. The lowest BCUT2D eigenvalue weighted by Crippen LogP contribution is -2.20. The molecule has 0 radical (unpaired) electrons. The molecule has 0 aliphatic rings. The van der Waals surface area contributed by atoms with Gasteiger partial charge in [-0.2, -0.15) is 0 Å². The van der Waals surface area contributed by atoms with Crippen molar-refractivity contribution in [1.82, 2.24) is 5.32 Å². The Morgan fingerprint density at radius 2 is 1.77 bits per heavy atom. The molecule has 1 aromatic heterocycles. The highest BCUT2D eigenvalue weighted by Crippen LogP contribution is 2.18. The summed E-state index contributed by atoms with van der Waals surface area (Å²) in [6.07, 6.45) is 0.500. The second-order valence-corrected chi connectivity index (χ2v) is 5.60. The fourth-order valence-electron chi connectivity index (χ4n) is 2.20. The zero-order valence-corrected chi connectivity index (χ0v) is 13.5. The summed E-state index contributed by atoms with van der Waals surface area (Å²) in [5.41, 5.74) is 0.872. The van der Waals surface area contributed by atoms with Crippen LogP contribution in [0.1, 0.15) is 44.0 Å². The first-order valence-corrected chi connectivity index (χ1v) is 7.81. The third-order valence-corrected chi connectivity index (χ3v) is 3.34. The molecule has 2 aromatic rings. The maximum absolute atomic E-state index is 10.2. The van der Waals surface area contributed by atoms with Gasteiger partial charge < -0.3 is 19.6 Å². The van der Waals surface area contributed by atoms with Crippen LogP contribution in [0.5, 0.6) is 5.75 Å². The van der Waals surface area contributed by atoms with Crippen molar-refractivity contribution in [2.75, 3.05) is 6.54 Å². The molecule has 4 nitrogen and oxygen atoms in total. The van der Waals surface area contributed by atoms with Crippen molar-refractivity contribution in [3.63, 3.8) is 0 Å². The summed E-state index contributed by atoms with van der Waals surface area (Å²) in [5, 5.41) is 13.4. The Bertz CT molecular complexity index is 560. The summed E-state index contributed by atoms with van der Waals surface area (Å²) >= 11 is 0.